The second-order valence-corrected chi connectivity index (χ2v) is 2.23. The maximum Gasteiger partial charge on any atom is 0.236 e. The number of aromatic nitrogens is 1. The van der Waals surface area contributed by atoms with Gasteiger partial charge in [-0.25, -0.2) is 0 Å². The lowest BCUT2D eigenvalue weighted by molar-refractivity contribution is -0.401. The van der Waals surface area contributed by atoms with Crippen molar-refractivity contribution >= 4 is 6.08 Å². The van der Waals surface area contributed by atoms with Gasteiger partial charge in [0.05, 0.1) is 4.92 Å². The number of nitrogens with zero attached hydrogens (tertiary/aromatic N) is 1. The number of hydrogen-bond donors (Lipinski definition) is 1. The van der Waals surface area contributed by atoms with Crippen LogP contribution in [0.25, 0.3) is 6.08 Å². The molecule has 1 N–H and O–H groups in total. The van der Waals surface area contributed by atoms with Crippen molar-refractivity contribution < 1.29 is 4.92 Å². The molecule has 4 heteroatoms. The van der Waals surface area contributed by atoms with Crippen LogP contribution < -0.4 is 0 Å². The number of aryl methyl sites for hydroxylation is 1. The molecule has 0 aliphatic carbocycles. The van der Waals surface area contributed by atoms with Crippen molar-refractivity contribution in [2.45, 2.75) is 6.92 Å². The molecule has 58 valence electrons. The molecule has 0 atom stereocenters. The average molecular weight is 152 g/mol. The third-order valence-electron chi connectivity index (χ3n) is 1.23. The number of hydrogen-bond acceptors (Lipinski definition) is 2. The fourth-order valence-corrected chi connectivity index (χ4v) is 0.763. The molecule has 1 aromatic rings. The molecule has 1 heterocycles. The van der Waals surface area contributed by atoms with Crippen LogP contribution in [0.5, 0.6) is 0 Å². The molecule has 0 bridgehead atoms. The molecular weight excluding hydrogens is 144 g/mol. The smallest absolute Gasteiger partial charge is 0.236 e. The van der Waals surface area contributed by atoms with Crippen LogP contribution >= 0.6 is 0 Å². The maximum atomic E-state index is 9.88. The minimum Gasteiger partial charge on any atom is -0.361 e. The highest BCUT2D eigenvalue weighted by molar-refractivity contribution is 5.44. The summed E-state index contributed by atoms with van der Waals surface area (Å²) in [4.78, 5) is 12.3. The topological polar surface area (TPSA) is 58.9 Å². The summed E-state index contributed by atoms with van der Waals surface area (Å²) in [5, 5.41) is 9.88. The Bertz CT molecular complexity index is 288. The van der Waals surface area contributed by atoms with Gasteiger partial charge < -0.3 is 4.98 Å². The van der Waals surface area contributed by atoms with Crippen molar-refractivity contribution in [2.24, 2.45) is 0 Å². The first-order valence-corrected chi connectivity index (χ1v) is 3.15. The van der Waals surface area contributed by atoms with Crippen LogP contribution in [0.4, 0.5) is 0 Å². The fourth-order valence-electron chi connectivity index (χ4n) is 0.763. The van der Waals surface area contributed by atoms with E-state index >= 15 is 0 Å². The van der Waals surface area contributed by atoms with E-state index in [1.807, 2.05) is 13.0 Å². The molecule has 0 fully saturated rings. The van der Waals surface area contributed by atoms with Crippen LogP contribution in [0.1, 0.15) is 11.3 Å². The number of H-pyrrole nitrogens is 1. The van der Waals surface area contributed by atoms with Crippen LogP contribution in [0.2, 0.25) is 0 Å². The van der Waals surface area contributed by atoms with E-state index in [0.717, 1.165) is 17.5 Å². The summed E-state index contributed by atoms with van der Waals surface area (Å²) in [6, 6.07) is 1.83. The van der Waals surface area contributed by atoms with E-state index in [0.29, 0.717) is 0 Å². The summed E-state index contributed by atoms with van der Waals surface area (Å²) in [5.41, 5.74) is 1.81. The van der Waals surface area contributed by atoms with E-state index in [1.54, 1.807) is 6.20 Å². The first kappa shape index (κ1) is 7.53. The van der Waals surface area contributed by atoms with Gasteiger partial charge in [-0.3, -0.25) is 10.1 Å². The third kappa shape index (κ3) is 2.25. The normalized spacial score (nSPS) is 10.6. The number of nitro groups is 1. The van der Waals surface area contributed by atoms with Crippen molar-refractivity contribution in [1.29, 1.82) is 0 Å². The largest absolute Gasteiger partial charge is 0.361 e. The van der Waals surface area contributed by atoms with Crippen molar-refractivity contribution in [3.63, 3.8) is 0 Å². The van der Waals surface area contributed by atoms with Gasteiger partial charge in [-0.15, -0.1) is 0 Å². The zero-order chi connectivity index (χ0) is 8.27. The van der Waals surface area contributed by atoms with Gasteiger partial charge in [-0.1, -0.05) is 0 Å². The predicted molar refractivity (Wildman–Crippen MR) is 41.6 cm³/mol. The lowest BCUT2D eigenvalue weighted by atomic mass is 10.3. The highest BCUT2D eigenvalue weighted by Crippen LogP contribution is 2.02. The lowest BCUT2D eigenvalue weighted by Gasteiger charge is -1.79. The van der Waals surface area contributed by atoms with Crippen molar-refractivity contribution in [1.82, 2.24) is 4.98 Å². The van der Waals surface area contributed by atoms with Gasteiger partial charge in [0, 0.05) is 18.0 Å². The van der Waals surface area contributed by atoms with Gasteiger partial charge in [-0.05, 0) is 18.6 Å². The van der Waals surface area contributed by atoms with E-state index in [4.69, 9.17) is 0 Å². The van der Waals surface area contributed by atoms with Crippen molar-refractivity contribution in [3.8, 4) is 0 Å². The minimum absolute atomic E-state index is 0.490. The molecule has 1 aromatic heterocycles. The molecule has 0 aliphatic rings. The Labute approximate surface area is 63.7 Å². The molecule has 0 aromatic carbocycles. The Hall–Kier alpha value is -1.58. The second kappa shape index (κ2) is 3.01. The van der Waals surface area contributed by atoms with Crippen molar-refractivity contribution in [3.05, 3.63) is 39.8 Å². The van der Waals surface area contributed by atoms with E-state index in [2.05, 4.69) is 4.98 Å². The molecule has 11 heavy (non-hydrogen) atoms. The van der Waals surface area contributed by atoms with E-state index < -0.39 is 4.92 Å². The Morgan fingerprint density at radius 1 is 1.73 bits per heavy atom. The van der Waals surface area contributed by atoms with E-state index in [-0.39, 0.29) is 0 Å². The van der Waals surface area contributed by atoms with Gasteiger partial charge in [0.15, 0.2) is 0 Å². The first-order chi connectivity index (χ1) is 5.18. The molecule has 0 saturated heterocycles. The molecule has 0 unspecified atom stereocenters. The summed E-state index contributed by atoms with van der Waals surface area (Å²) in [5.74, 6) is 0. The highest BCUT2D eigenvalue weighted by atomic mass is 16.6. The molecule has 0 saturated carbocycles. The van der Waals surface area contributed by atoms with Crippen LogP contribution in [-0.2, 0) is 0 Å². The summed E-state index contributed by atoms with van der Waals surface area (Å²) in [7, 11) is 0. The first-order valence-electron chi connectivity index (χ1n) is 3.15. The van der Waals surface area contributed by atoms with Gasteiger partial charge in [-0.2, -0.15) is 0 Å². The van der Waals surface area contributed by atoms with E-state index in [1.165, 1.54) is 6.08 Å². The standard InChI is InChI=1S/C7H8N2O2/c1-6-4-7(8-5-6)2-3-9(10)11/h2-5,8H,1H3. The highest BCUT2D eigenvalue weighted by Gasteiger charge is 1.91. The molecule has 0 spiro atoms. The van der Waals surface area contributed by atoms with Crippen LogP contribution in [0.3, 0.4) is 0 Å². The Morgan fingerprint density at radius 2 is 2.45 bits per heavy atom. The van der Waals surface area contributed by atoms with E-state index in [9.17, 15) is 10.1 Å². The van der Waals surface area contributed by atoms with Gasteiger partial charge in [0.1, 0.15) is 0 Å². The Balaban J connectivity index is 2.71. The maximum absolute atomic E-state index is 9.88. The van der Waals surface area contributed by atoms with Crippen LogP contribution in [-0.4, -0.2) is 9.91 Å². The Morgan fingerprint density at radius 3 is 2.91 bits per heavy atom. The molecule has 0 radical (unpaired) electrons. The SMILES string of the molecule is Cc1c[nH]c(C=C[N+](=O)[O-])c1. The Kier molecular flexibility index (Phi) is 2.06. The molecular formula is C7H8N2O2. The summed E-state index contributed by atoms with van der Waals surface area (Å²) >= 11 is 0. The zero-order valence-electron chi connectivity index (χ0n) is 6.07. The molecule has 0 aliphatic heterocycles. The monoisotopic (exact) mass is 152 g/mol. The van der Waals surface area contributed by atoms with Crippen molar-refractivity contribution in [2.75, 3.05) is 0 Å². The number of rotatable bonds is 2. The van der Waals surface area contributed by atoms with Crippen LogP contribution in [0, 0.1) is 17.0 Å². The van der Waals surface area contributed by atoms with Crippen LogP contribution in [0.15, 0.2) is 18.5 Å². The minimum atomic E-state index is -0.490. The summed E-state index contributed by atoms with van der Waals surface area (Å²) in [6.07, 6.45) is 4.12. The van der Waals surface area contributed by atoms with Gasteiger partial charge in [0.25, 0.3) is 0 Å². The van der Waals surface area contributed by atoms with Gasteiger partial charge in [0.2, 0.25) is 6.20 Å². The number of aromatic amines is 1. The predicted octanol–water partition coefficient (Wildman–Crippen LogP) is 1.57. The molecule has 4 nitrogen and oxygen atoms in total. The molecule has 1 rings (SSSR count). The fraction of sp³-hybridized carbons (Fsp3) is 0.143. The summed E-state index contributed by atoms with van der Waals surface area (Å²) < 4.78 is 0. The third-order valence-corrected chi connectivity index (χ3v) is 1.23. The van der Waals surface area contributed by atoms with Gasteiger partial charge >= 0.3 is 0 Å². The zero-order valence-corrected chi connectivity index (χ0v) is 6.07. The number of nitrogens with one attached hydrogen (secondary N) is 1. The lowest BCUT2D eigenvalue weighted by Crippen LogP contribution is -1.81. The second-order valence-electron chi connectivity index (χ2n) is 2.23. The average Bonchev–Trinajstić information content (AvgIpc) is 2.31. The summed E-state index contributed by atoms with van der Waals surface area (Å²) in [6.45, 7) is 1.92. The quantitative estimate of drug-likeness (QED) is 0.516. The molecule has 0 amide bonds.